The maximum atomic E-state index is 12.7. The maximum absolute atomic E-state index is 12.7. The molecule has 2 aromatic carbocycles. The summed E-state index contributed by atoms with van der Waals surface area (Å²) in [4.78, 5) is 12.7. The molecule has 4 rings (SSSR count). The first-order chi connectivity index (χ1) is 16.1. The third-order valence-corrected chi connectivity index (χ3v) is 7.83. The predicted molar refractivity (Wildman–Crippen MR) is 134 cm³/mol. The van der Waals surface area contributed by atoms with E-state index in [-0.39, 0.29) is 0 Å². The van der Waals surface area contributed by atoms with Crippen LogP contribution in [0.15, 0.2) is 42.5 Å². The number of ether oxygens (including phenoxy) is 2. The van der Waals surface area contributed by atoms with Crippen molar-refractivity contribution in [3.63, 3.8) is 0 Å². The quantitative estimate of drug-likeness (QED) is 0.453. The van der Waals surface area contributed by atoms with Crippen LogP contribution in [-0.2, 0) is 0 Å². The number of hydrogen-bond acceptors (Lipinski definition) is 4. The van der Waals surface area contributed by atoms with Gasteiger partial charge >= 0.3 is 0 Å². The molecule has 4 nitrogen and oxygen atoms in total. The summed E-state index contributed by atoms with van der Waals surface area (Å²) in [6, 6.07) is 14.7. The van der Waals surface area contributed by atoms with Crippen molar-refractivity contribution in [1.82, 2.24) is 5.32 Å². The van der Waals surface area contributed by atoms with Gasteiger partial charge in [0, 0.05) is 17.5 Å². The van der Waals surface area contributed by atoms with Crippen molar-refractivity contribution in [2.45, 2.75) is 63.7 Å². The van der Waals surface area contributed by atoms with Crippen molar-refractivity contribution in [2.75, 3.05) is 27.3 Å². The average Bonchev–Trinajstić information content (AvgIpc) is 3.32. The summed E-state index contributed by atoms with van der Waals surface area (Å²) in [7, 11) is 3.42. The monoisotopic (exact) mass is 449 g/mol. The van der Waals surface area contributed by atoms with Gasteiger partial charge in [-0.15, -0.1) is 0 Å². The molecule has 2 aliphatic rings. The molecule has 1 N–H and O–H groups in total. The van der Waals surface area contributed by atoms with Crippen molar-refractivity contribution in [1.29, 1.82) is 0 Å². The Kier molecular flexibility index (Phi) is 8.08. The number of Topliss-reactive ketones (excluding diaryl/α,β-unsaturated/α-hetero) is 1. The first-order valence-corrected chi connectivity index (χ1v) is 12.6. The Labute approximate surface area is 199 Å². The molecule has 2 fully saturated rings. The number of methoxy groups -OCH3 is 2. The van der Waals surface area contributed by atoms with E-state index in [0.29, 0.717) is 35.9 Å². The molecule has 4 heteroatoms. The molecule has 1 aliphatic carbocycles. The van der Waals surface area contributed by atoms with Crippen LogP contribution in [0, 0.1) is 11.8 Å². The molecule has 1 saturated heterocycles. The van der Waals surface area contributed by atoms with Crippen LogP contribution >= 0.6 is 0 Å². The third kappa shape index (κ3) is 5.78. The lowest BCUT2D eigenvalue weighted by molar-refractivity contribution is 0.0952. The highest BCUT2D eigenvalue weighted by Crippen LogP contribution is 2.44. The number of nitrogens with one attached hydrogen (secondary N) is 1. The van der Waals surface area contributed by atoms with Crippen molar-refractivity contribution >= 4 is 5.78 Å². The molecule has 1 saturated carbocycles. The SMILES string of the molecule is COc1cccc([C@@H](C)CC2CC[C@H](c3ccc(C(=O)CC4CCNCC4)cc3)C2)c1OC. The van der Waals surface area contributed by atoms with Gasteiger partial charge in [0.1, 0.15) is 0 Å². The summed E-state index contributed by atoms with van der Waals surface area (Å²) in [6.07, 6.45) is 7.80. The van der Waals surface area contributed by atoms with Crippen LogP contribution in [0.3, 0.4) is 0 Å². The van der Waals surface area contributed by atoms with Gasteiger partial charge in [-0.3, -0.25) is 4.79 Å². The van der Waals surface area contributed by atoms with Crippen LogP contribution in [0.1, 0.15) is 85.2 Å². The number of piperidine rings is 1. The highest BCUT2D eigenvalue weighted by molar-refractivity contribution is 5.96. The Bertz CT molecular complexity index is 917. The molecule has 2 aromatic rings. The summed E-state index contributed by atoms with van der Waals surface area (Å²) in [5, 5.41) is 3.38. The minimum atomic E-state index is 0.304. The lowest BCUT2D eigenvalue weighted by Gasteiger charge is -2.22. The number of carbonyl (C=O) groups is 1. The Morgan fingerprint density at radius 3 is 2.42 bits per heavy atom. The average molecular weight is 450 g/mol. The molecule has 0 aromatic heterocycles. The van der Waals surface area contributed by atoms with Gasteiger partial charge in [-0.05, 0) is 86.9 Å². The minimum Gasteiger partial charge on any atom is -0.493 e. The van der Waals surface area contributed by atoms with Crippen molar-refractivity contribution in [3.8, 4) is 11.5 Å². The first-order valence-electron chi connectivity index (χ1n) is 12.6. The summed E-state index contributed by atoms with van der Waals surface area (Å²) >= 11 is 0. The van der Waals surface area contributed by atoms with Crippen LogP contribution in [0.5, 0.6) is 11.5 Å². The van der Waals surface area contributed by atoms with Gasteiger partial charge < -0.3 is 14.8 Å². The standard InChI is InChI=1S/C29H39NO3/c1-20(26-5-4-6-28(32-2)29(26)33-3)17-22-7-8-25(18-22)23-9-11-24(12-10-23)27(31)19-21-13-15-30-16-14-21/h4-6,9-12,20-22,25,30H,7-8,13-19H2,1-3H3/t20-,22?,25-/m0/s1. The lowest BCUT2D eigenvalue weighted by Crippen LogP contribution is -2.28. The molecule has 0 amide bonds. The highest BCUT2D eigenvalue weighted by Gasteiger charge is 2.28. The predicted octanol–water partition coefficient (Wildman–Crippen LogP) is 6.35. The molecule has 0 spiro atoms. The second kappa shape index (κ2) is 11.2. The Morgan fingerprint density at radius 2 is 1.73 bits per heavy atom. The molecular weight excluding hydrogens is 410 g/mol. The van der Waals surface area contributed by atoms with Crippen LogP contribution in [0.4, 0.5) is 0 Å². The number of para-hydroxylation sites is 1. The fourth-order valence-corrected chi connectivity index (χ4v) is 5.93. The van der Waals surface area contributed by atoms with E-state index in [1.54, 1.807) is 14.2 Å². The first kappa shape index (κ1) is 23.8. The van der Waals surface area contributed by atoms with E-state index in [2.05, 4.69) is 48.6 Å². The van der Waals surface area contributed by atoms with Crippen LogP contribution < -0.4 is 14.8 Å². The zero-order chi connectivity index (χ0) is 23.2. The Morgan fingerprint density at radius 1 is 0.970 bits per heavy atom. The zero-order valence-electron chi connectivity index (χ0n) is 20.4. The van der Waals surface area contributed by atoms with E-state index in [4.69, 9.17) is 9.47 Å². The van der Waals surface area contributed by atoms with Crippen molar-refractivity contribution in [3.05, 3.63) is 59.2 Å². The number of benzene rings is 2. The number of ketones is 1. The minimum absolute atomic E-state index is 0.304. The smallest absolute Gasteiger partial charge is 0.164 e. The Hall–Kier alpha value is -2.33. The van der Waals surface area contributed by atoms with Gasteiger partial charge in [0.05, 0.1) is 14.2 Å². The fourth-order valence-electron chi connectivity index (χ4n) is 5.93. The largest absolute Gasteiger partial charge is 0.493 e. The molecule has 178 valence electrons. The number of carbonyl (C=O) groups excluding carboxylic acids is 1. The number of rotatable bonds is 9. The zero-order valence-corrected chi connectivity index (χ0v) is 20.4. The summed E-state index contributed by atoms with van der Waals surface area (Å²) < 4.78 is 11.2. The van der Waals surface area contributed by atoms with Gasteiger partial charge in [0.2, 0.25) is 0 Å². The van der Waals surface area contributed by atoms with Gasteiger partial charge in [-0.25, -0.2) is 0 Å². The molecule has 1 aliphatic heterocycles. The van der Waals surface area contributed by atoms with Gasteiger partial charge in [0.15, 0.2) is 17.3 Å². The second-order valence-corrected chi connectivity index (χ2v) is 10.0. The molecule has 0 bridgehead atoms. The van der Waals surface area contributed by atoms with E-state index in [1.807, 2.05) is 6.07 Å². The molecular formula is C29H39NO3. The molecule has 0 radical (unpaired) electrons. The van der Waals surface area contributed by atoms with Crippen molar-refractivity contribution < 1.29 is 14.3 Å². The highest BCUT2D eigenvalue weighted by atomic mass is 16.5. The fraction of sp³-hybridized carbons (Fsp3) is 0.552. The van der Waals surface area contributed by atoms with E-state index < -0.39 is 0 Å². The topological polar surface area (TPSA) is 47.6 Å². The maximum Gasteiger partial charge on any atom is 0.164 e. The summed E-state index contributed by atoms with van der Waals surface area (Å²) in [5.74, 6) is 4.25. The number of hydrogen-bond donors (Lipinski definition) is 1. The van der Waals surface area contributed by atoms with E-state index in [9.17, 15) is 4.79 Å². The lowest BCUT2D eigenvalue weighted by atomic mass is 9.87. The van der Waals surface area contributed by atoms with Crippen LogP contribution in [0.2, 0.25) is 0 Å². The van der Waals surface area contributed by atoms with E-state index in [1.165, 1.54) is 30.4 Å². The second-order valence-electron chi connectivity index (χ2n) is 10.0. The molecule has 33 heavy (non-hydrogen) atoms. The van der Waals surface area contributed by atoms with E-state index in [0.717, 1.165) is 49.4 Å². The van der Waals surface area contributed by atoms with Crippen molar-refractivity contribution in [2.24, 2.45) is 11.8 Å². The Balaban J connectivity index is 1.33. The molecule has 1 heterocycles. The summed E-state index contributed by atoms with van der Waals surface area (Å²) in [5.41, 5.74) is 3.50. The molecule has 1 unspecified atom stereocenters. The third-order valence-electron chi connectivity index (χ3n) is 7.83. The molecule has 3 atom stereocenters. The normalized spacial score (nSPS) is 22.2. The van der Waals surface area contributed by atoms with Crippen LogP contribution in [0.25, 0.3) is 0 Å². The summed E-state index contributed by atoms with van der Waals surface area (Å²) in [6.45, 7) is 4.39. The van der Waals surface area contributed by atoms with Gasteiger partial charge in [-0.2, -0.15) is 0 Å². The van der Waals surface area contributed by atoms with Gasteiger partial charge in [-0.1, -0.05) is 43.3 Å². The van der Waals surface area contributed by atoms with Crippen LogP contribution in [-0.4, -0.2) is 33.1 Å². The van der Waals surface area contributed by atoms with Gasteiger partial charge in [0.25, 0.3) is 0 Å². The van der Waals surface area contributed by atoms with E-state index >= 15 is 0 Å².